The molecule has 0 saturated carbocycles. The Morgan fingerprint density at radius 2 is 1.85 bits per heavy atom. The molecule has 0 atom stereocenters. The average Bonchev–Trinajstić information content (AvgIpc) is 3.10. The second kappa shape index (κ2) is 8.41. The molecule has 5 rings (SSSR count). The Balaban J connectivity index is 1.53. The Labute approximate surface area is 206 Å². The lowest BCUT2D eigenvalue weighted by molar-refractivity contribution is 0.0205. The Hall–Kier alpha value is -2.87. The zero-order chi connectivity index (χ0) is 24.2. The van der Waals surface area contributed by atoms with Crippen LogP contribution in [0.5, 0.6) is 0 Å². The molecule has 0 radical (unpaired) electrons. The number of carbonyl (C=O) groups excluding carboxylic acids is 1. The number of aryl methyl sites for hydroxylation is 1. The SMILES string of the molecule is CCn1c2cc(C3CCN(C(=O)OC(C)(C)C)CC3)ccc2n2c3cccc(Br)c3c(=O)nc12. The molecule has 7 nitrogen and oxygen atoms in total. The van der Waals surface area contributed by atoms with Crippen molar-refractivity contribution >= 4 is 49.7 Å². The van der Waals surface area contributed by atoms with Gasteiger partial charge in [-0.1, -0.05) is 12.1 Å². The maximum Gasteiger partial charge on any atom is 0.410 e. The summed E-state index contributed by atoms with van der Waals surface area (Å²) in [5, 5.41) is 0.591. The number of nitrogens with zero attached hydrogens (tertiary/aromatic N) is 4. The van der Waals surface area contributed by atoms with Gasteiger partial charge in [0.25, 0.3) is 5.56 Å². The van der Waals surface area contributed by atoms with Gasteiger partial charge in [-0.25, -0.2) is 4.79 Å². The van der Waals surface area contributed by atoms with Crippen molar-refractivity contribution in [2.75, 3.05) is 13.1 Å². The molecule has 0 N–H and O–H groups in total. The lowest BCUT2D eigenvalue weighted by Crippen LogP contribution is -2.41. The van der Waals surface area contributed by atoms with E-state index in [1.165, 1.54) is 5.56 Å². The fraction of sp³-hybridized carbons (Fsp3) is 0.423. The first-order valence-corrected chi connectivity index (χ1v) is 12.6. The van der Waals surface area contributed by atoms with Crippen LogP contribution in [0.25, 0.3) is 27.7 Å². The van der Waals surface area contributed by atoms with Gasteiger partial charge in [-0.2, -0.15) is 4.98 Å². The van der Waals surface area contributed by atoms with Gasteiger partial charge in [-0.15, -0.1) is 0 Å². The van der Waals surface area contributed by atoms with Crippen LogP contribution in [0.15, 0.2) is 45.7 Å². The first-order chi connectivity index (χ1) is 16.2. The number of hydrogen-bond acceptors (Lipinski definition) is 4. The van der Waals surface area contributed by atoms with E-state index in [1.54, 1.807) is 0 Å². The Morgan fingerprint density at radius 3 is 2.53 bits per heavy atom. The van der Waals surface area contributed by atoms with E-state index in [9.17, 15) is 9.59 Å². The van der Waals surface area contributed by atoms with Gasteiger partial charge in [-0.3, -0.25) is 9.20 Å². The predicted octanol–water partition coefficient (Wildman–Crippen LogP) is 5.70. The van der Waals surface area contributed by atoms with Crippen LogP contribution in [0.2, 0.25) is 0 Å². The average molecular weight is 525 g/mol. The van der Waals surface area contributed by atoms with E-state index in [2.05, 4.69) is 55.0 Å². The molecule has 34 heavy (non-hydrogen) atoms. The Morgan fingerprint density at radius 1 is 1.12 bits per heavy atom. The summed E-state index contributed by atoms with van der Waals surface area (Å²) in [6.45, 7) is 9.83. The number of amides is 1. The van der Waals surface area contributed by atoms with Gasteiger partial charge in [0.05, 0.1) is 21.9 Å². The van der Waals surface area contributed by atoms with Crippen molar-refractivity contribution in [1.82, 2.24) is 18.9 Å². The molecule has 3 heterocycles. The van der Waals surface area contributed by atoms with E-state index in [4.69, 9.17) is 4.74 Å². The van der Waals surface area contributed by atoms with Gasteiger partial charge >= 0.3 is 6.09 Å². The number of rotatable bonds is 2. The van der Waals surface area contributed by atoms with Gasteiger partial charge in [0.1, 0.15) is 5.60 Å². The number of imidazole rings is 1. The fourth-order valence-corrected chi connectivity index (χ4v) is 5.50. The molecule has 0 unspecified atom stereocenters. The standard InChI is InChI=1S/C26H29BrN4O3/c1-5-30-21-15-17(16-11-13-29(14-12-16)25(33)34-26(2,3)4)9-10-19(21)31-20-8-6-7-18(27)22(20)23(32)28-24(30)31/h6-10,15-16H,5,11-14H2,1-4H3. The molecule has 2 aromatic carbocycles. The predicted molar refractivity (Wildman–Crippen MR) is 138 cm³/mol. The molecule has 4 aromatic rings. The van der Waals surface area contributed by atoms with Gasteiger partial charge < -0.3 is 14.2 Å². The lowest BCUT2D eigenvalue weighted by Gasteiger charge is -2.33. The summed E-state index contributed by atoms with van der Waals surface area (Å²) in [6, 6.07) is 12.3. The van der Waals surface area contributed by atoms with E-state index in [0.29, 0.717) is 36.7 Å². The quantitative estimate of drug-likeness (QED) is 0.337. The van der Waals surface area contributed by atoms with Gasteiger partial charge in [0.2, 0.25) is 5.78 Å². The van der Waals surface area contributed by atoms with Crippen LogP contribution in [0.1, 0.15) is 52.0 Å². The van der Waals surface area contributed by atoms with Crippen LogP contribution in [-0.4, -0.2) is 43.6 Å². The summed E-state index contributed by atoms with van der Waals surface area (Å²) in [7, 11) is 0. The third-order valence-corrected chi connectivity index (χ3v) is 7.22. The molecule has 1 fully saturated rings. The number of benzene rings is 2. The van der Waals surface area contributed by atoms with Crippen LogP contribution in [0.3, 0.4) is 0 Å². The summed E-state index contributed by atoms with van der Waals surface area (Å²) in [5.74, 6) is 1.02. The van der Waals surface area contributed by atoms with Gasteiger partial charge in [0.15, 0.2) is 0 Å². The summed E-state index contributed by atoms with van der Waals surface area (Å²) in [4.78, 5) is 31.5. The zero-order valence-electron chi connectivity index (χ0n) is 20.0. The van der Waals surface area contributed by atoms with Crippen molar-refractivity contribution in [3.63, 3.8) is 0 Å². The third kappa shape index (κ3) is 3.87. The molecule has 1 saturated heterocycles. The maximum atomic E-state index is 12.8. The minimum atomic E-state index is -0.484. The number of hydrogen-bond donors (Lipinski definition) is 0. The van der Waals surface area contributed by atoms with Crippen molar-refractivity contribution in [1.29, 1.82) is 0 Å². The maximum absolute atomic E-state index is 12.8. The summed E-state index contributed by atoms with van der Waals surface area (Å²) in [5.41, 5.74) is 3.48. The first-order valence-electron chi connectivity index (χ1n) is 11.8. The highest BCUT2D eigenvalue weighted by atomic mass is 79.9. The second-order valence-electron chi connectivity index (χ2n) is 9.92. The molecule has 1 aliphatic rings. The van der Waals surface area contributed by atoms with Crippen LogP contribution in [0.4, 0.5) is 4.79 Å². The van der Waals surface area contributed by atoms with E-state index in [-0.39, 0.29) is 11.7 Å². The topological polar surface area (TPSA) is 68.8 Å². The van der Waals surface area contributed by atoms with Crippen LogP contribution < -0.4 is 5.56 Å². The number of fused-ring (bicyclic) bond motifs is 5. The molecule has 0 bridgehead atoms. The van der Waals surface area contributed by atoms with Crippen LogP contribution in [-0.2, 0) is 11.3 Å². The lowest BCUT2D eigenvalue weighted by atomic mass is 9.89. The summed E-state index contributed by atoms with van der Waals surface area (Å²) >= 11 is 3.52. The van der Waals surface area contributed by atoms with Gasteiger partial charge in [0, 0.05) is 24.1 Å². The van der Waals surface area contributed by atoms with E-state index >= 15 is 0 Å². The minimum absolute atomic E-state index is 0.227. The first kappa shape index (κ1) is 22.9. The molecule has 8 heteroatoms. The zero-order valence-corrected chi connectivity index (χ0v) is 21.6. The van der Waals surface area contributed by atoms with Crippen molar-refractivity contribution in [3.8, 4) is 0 Å². The largest absolute Gasteiger partial charge is 0.444 e. The molecular weight excluding hydrogens is 496 g/mol. The van der Waals surface area contributed by atoms with Crippen molar-refractivity contribution < 1.29 is 9.53 Å². The van der Waals surface area contributed by atoms with Gasteiger partial charge in [-0.05, 0) is 92.2 Å². The number of aromatic nitrogens is 3. The number of likely N-dealkylation sites (tertiary alicyclic amines) is 1. The van der Waals surface area contributed by atoms with Crippen molar-refractivity contribution in [3.05, 3.63) is 56.8 Å². The molecule has 1 aliphatic heterocycles. The fourth-order valence-electron chi connectivity index (χ4n) is 4.97. The number of halogens is 1. The van der Waals surface area contributed by atoms with Crippen molar-refractivity contribution in [2.24, 2.45) is 0 Å². The number of ether oxygens (including phenoxy) is 1. The Bertz CT molecular complexity index is 1470. The summed E-state index contributed by atoms with van der Waals surface area (Å²) < 4.78 is 10.5. The van der Waals surface area contributed by atoms with Crippen LogP contribution in [0, 0.1) is 0 Å². The van der Waals surface area contributed by atoms with E-state index < -0.39 is 5.60 Å². The molecule has 0 aliphatic carbocycles. The third-order valence-electron chi connectivity index (χ3n) is 6.55. The smallest absolute Gasteiger partial charge is 0.410 e. The molecular formula is C26H29BrN4O3. The highest BCUT2D eigenvalue weighted by Crippen LogP contribution is 2.33. The highest BCUT2D eigenvalue weighted by molar-refractivity contribution is 9.10. The van der Waals surface area contributed by atoms with Crippen molar-refractivity contribution in [2.45, 2.75) is 58.6 Å². The summed E-state index contributed by atoms with van der Waals surface area (Å²) in [6.07, 6.45) is 1.55. The molecule has 2 aromatic heterocycles. The van der Waals surface area contributed by atoms with E-state index in [0.717, 1.165) is 33.9 Å². The highest BCUT2D eigenvalue weighted by Gasteiger charge is 2.28. The number of piperidine rings is 1. The second-order valence-corrected chi connectivity index (χ2v) is 10.8. The normalized spacial score (nSPS) is 15.5. The van der Waals surface area contributed by atoms with Crippen LogP contribution >= 0.6 is 15.9 Å². The number of carbonyl (C=O) groups is 1. The molecule has 0 spiro atoms. The van der Waals surface area contributed by atoms with E-state index in [1.807, 2.05) is 43.9 Å². The Kier molecular flexibility index (Phi) is 5.67. The molecule has 1 amide bonds. The monoisotopic (exact) mass is 524 g/mol. The minimum Gasteiger partial charge on any atom is -0.444 e. The molecule has 178 valence electrons.